The number of hydrogen-bond acceptors (Lipinski definition) is 3. The zero-order chi connectivity index (χ0) is 61.9. The lowest BCUT2D eigenvalue weighted by Gasteiger charge is -2.45. The van der Waals surface area contributed by atoms with Crippen LogP contribution in [0.2, 0.25) is 0 Å². The molecule has 2 aliphatic rings. The first-order valence-corrected chi connectivity index (χ1v) is 31.6. The third kappa shape index (κ3) is 11.4. The van der Waals surface area contributed by atoms with Crippen molar-refractivity contribution < 1.29 is 0 Å². The summed E-state index contributed by atoms with van der Waals surface area (Å²) in [4.78, 5) is 11.1. The van der Waals surface area contributed by atoms with Crippen molar-refractivity contribution in [2.24, 2.45) is 0 Å². The molecule has 0 aliphatic carbocycles. The Bertz CT molecular complexity index is 3910. The summed E-state index contributed by atoms with van der Waals surface area (Å²) in [6, 6.07) is 79.3. The molecule has 4 heteroatoms. The summed E-state index contributed by atoms with van der Waals surface area (Å²) >= 11 is 0. The Morgan fingerprint density at radius 1 is 0.253 bits per heavy atom. The van der Waals surface area contributed by atoms with Crippen molar-refractivity contribution in [3.63, 3.8) is 0 Å². The fourth-order valence-electron chi connectivity index (χ4n) is 12.8. The van der Waals surface area contributed by atoms with Gasteiger partial charge in [0.15, 0.2) is 0 Å². The topological polar surface area (TPSA) is 19.4 Å². The fourth-order valence-corrected chi connectivity index (χ4v) is 12.8. The van der Waals surface area contributed by atoms with Gasteiger partial charge >= 0.3 is 0 Å². The molecule has 0 saturated heterocycles. The van der Waals surface area contributed by atoms with Gasteiger partial charge in [-0.2, -0.15) is 0 Å². The van der Waals surface area contributed by atoms with Crippen LogP contribution >= 0.6 is 0 Å². The van der Waals surface area contributed by atoms with Crippen LogP contribution < -0.4 is 26.2 Å². The van der Waals surface area contributed by atoms with Gasteiger partial charge in [0.2, 0.25) is 0 Å². The van der Waals surface area contributed by atoms with Crippen LogP contribution in [-0.2, 0) is 32.5 Å². The van der Waals surface area contributed by atoms with Gasteiger partial charge in [0.05, 0.1) is 11.4 Å². The monoisotopic (exact) mass is 1140 g/mol. The lowest BCUT2D eigenvalue weighted by molar-refractivity contribution is 0.568. The van der Waals surface area contributed by atoms with E-state index < -0.39 is 0 Å². The highest BCUT2D eigenvalue weighted by Gasteiger charge is 2.44. The third-order valence-electron chi connectivity index (χ3n) is 18.3. The number of fused-ring (bicyclic) bond motifs is 4. The molecule has 10 aromatic rings. The lowest BCUT2D eigenvalue weighted by Crippen LogP contribution is -2.61. The zero-order valence-corrected chi connectivity index (χ0v) is 55.0. The molecule has 438 valence electrons. The summed E-state index contributed by atoms with van der Waals surface area (Å²) < 4.78 is 0. The number of nitrogens with zero attached hydrogens (tertiary/aromatic N) is 3. The second kappa shape index (κ2) is 21.3. The quantitative estimate of drug-likeness (QED) is 0.148. The lowest BCUT2D eigenvalue weighted by atomic mass is 9.33. The molecule has 0 spiro atoms. The Morgan fingerprint density at radius 3 is 0.908 bits per heavy atom. The minimum absolute atomic E-state index is 0.0250. The molecule has 87 heavy (non-hydrogen) atoms. The van der Waals surface area contributed by atoms with E-state index in [4.69, 9.17) is 4.98 Å². The van der Waals surface area contributed by atoms with Crippen LogP contribution in [0.4, 0.5) is 34.1 Å². The first kappa shape index (κ1) is 59.1. The van der Waals surface area contributed by atoms with E-state index in [1.807, 2.05) is 0 Å². The molecule has 1 aromatic heterocycles. The van der Waals surface area contributed by atoms with E-state index in [9.17, 15) is 0 Å². The van der Waals surface area contributed by atoms with E-state index >= 15 is 0 Å². The molecular formula is C83H88BN3. The molecule has 3 nitrogen and oxygen atoms in total. The molecule has 0 unspecified atom stereocenters. The van der Waals surface area contributed by atoms with Gasteiger partial charge in [-0.15, -0.1) is 0 Å². The average Bonchev–Trinajstić information content (AvgIpc) is 0.704. The Balaban J connectivity index is 1.22. The van der Waals surface area contributed by atoms with Gasteiger partial charge in [0.25, 0.3) is 6.71 Å². The number of pyridine rings is 1. The van der Waals surface area contributed by atoms with Crippen molar-refractivity contribution in [3.05, 3.63) is 240 Å². The van der Waals surface area contributed by atoms with Crippen LogP contribution in [0.3, 0.4) is 0 Å². The maximum Gasteiger partial charge on any atom is 0.252 e. The summed E-state index contributed by atoms with van der Waals surface area (Å²) in [6.45, 7) is 41.8. The Kier molecular flexibility index (Phi) is 14.5. The maximum atomic E-state index is 5.98. The van der Waals surface area contributed by atoms with Crippen LogP contribution in [-0.4, -0.2) is 11.7 Å². The molecular weight excluding hydrogens is 1050 g/mol. The number of anilines is 6. The first-order valence-electron chi connectivity index (χ1n) is 31.6. The largest absolute Gasteiger partial charge is 0.311 e. The highest BCUT2D eigenvalue weighted by atomic mass is 15.2. The van der Waals surface area contributed by atoms with Gasteiger partial charge in [0, 0.05) is 45.3 Å². The molecule has 0 saturated carbocycles. The zero-order valence-electron chi connectivity index (χ0n) is 55.0. The second-order valence-electron chi connectivity index (χ2n) is 31.1. The smallest absolute Gasteiger partial charge is 0.252 e. The van der Waals surface area contributed by atoms with Crippen molar-refractivity contribution in [2.45, 2.75) is 157 Å². The first-order chi connectivity index (χ1) is 40.9. The predicted molar refractivity (Wildman–Crippen MR) is 378 cm³/mol. The van der Waals surface area contributed by atoms with Crippen LogP contribution in [0.15, 0.2) is 206 Å². The van der Waals surface area contributed by atoms with Crippen LogP contribution in [0, 0.1) is 0 Å². The van der Waals surface area contributed by atoms with E-state index in [2.05, 4.69) is 341 Å². The number of aromatic nitrogens is 1. The summed E-state index contributed by atoms with van der Waals surface area (Å²) in [7, 11) is 0. The molecule has 0 fully saturated rings. The predicted octanol–water partition coefficient (Wildman–Crippen LogP) is 21.3. The highest BCUT2D eigenvalue weighted by molar-refractivity contribution is 7.00. The average molecular weight is 1140 g/mol. The van der Waals surface area contributed by atoms with Gasteiger partial charge in [0.1, 0.15) is 0 Å². The fraction of sp³-hybridized carbons (Fsp3) is 0.289. The molecule has 0 amide bonds. The summed E-state index contributed by atoms with van der Waals surface area (Å²) in [6.07, 6.45) is 0. The molecule has 9 aromatic carbocycles. The Hall–Kier alpha value is -8.21. The van der Waals surface area contributed by atoms with Crippen LogP contribution in [0.5, 0.6) is 0 Å². The van der Waals surface area contributed by atoms with Crippen LogP contribution in [0.25, 0.3) is 55.9 Å². The van der Waals surface area contributed by atoms with Crippen molar-refractivity contribution in [1.82, 2.24) is 4.98 Å². The second-order valence-corrected chi connectivity index (χ2v) is 31.1. The summed E-state index contributed by atoms with van der Waals surface area (Å²) in [5.41, 5.74) is 29.3. The minimum atomic E-state index is -0.0966. The maximum absolute atomic E-state index is 5.98. The van der Waals surface area contributed by atoms with E-state index in [0.29, 0.717) is 0 Å². The van der Waals surface area contributed by atoms with E-state index in [1.54, 1.807) is 0 Å². The molecule has 3 heterocycles. The van der Waals surface area contributed by atoms with Crippen molar-refractivity contribution >= 4 is 57.2 Å². The summed E-state index contributed by atoms with van der Waals surface area (Å²) in [5.74, 6) is 0. The molecule has 12 rings (SSSR count). The van der Waals surface area contributed by atoms with Crippen molar-refractivity contribution in [3.8, 4) is 55.9 Å². The Morgan fingerprint density at radius 2 is 0.563 bits per heavy atom. The van der Waals surface area contributed by atoms with Crippen molar-refractivity contribution in [2.75, 3.05) is 9.80 Å². The normalized spacial score (nSPS) is 13.6. The molecule has 0 radical (unpaired) electrons. The van der Waals surface area contributed by atoms with Gasteiger partial charge in [-0.05, 0) is 188 Å². The number of hydrogen-bond donors (Lipinski definition) is 0. The summed E-state index contributed by atoms with van der Waals surface area (Å²) in [5, 5.41) is 0. The number of benzene rings is 9. The molecule has 0 atom stereocenters. The Labute approximate surface area is 521 Å². The minimum Gasteiger partial charge on any atom is -0.311 e. The standard InChI is InChI=1S/C83H88BN3/c1-78(2,3)61-31-35-67(36-32-61)86-73-47-55(53-25-21-19-22-26-53)29-39-69(73)84-70-40-30-56(54-27-23-20-24-28-54)48-74(70)87(68-37-33-62(34-38-68)79(4,5)6)76-50-60(49-75(86)77(76)84)72-46-58(57-41-63(80(7,8)9)51-64(42-57)81(10,11)12)45-71(85-72)59-43-65(82(13,14)15)52-66(44-59)83(16,17)18/h19-52H,1-18H3. The molecule has 2 aliphatic heterocycles. The highest BCUT2D eigenvalue weighted by Crippen LogP contribution is 2.49. The third-order valence-corrected chi connectivity index (χ3v) is 18.3. The number of rotatable bonds is 7. The van der Waals surface area contributed by atoms with Crippen molar-refractivity contribution in [1.29, 1.82) is 0 Å². The molecule has 0 bridgehead atoms. The van der Waals surface area contributed by atoms with Gasteiger partial charge < -0.3 is 9.80 Å². The van der Waals surface area contributed by atoms with E-state index in [1.165, 1.54) is 89.0 Å². The molecule has 0 N–H and O–H groups in total. The van der Waals surface area contributed by atoms with E-state index in [-0.39, 0.29) is 39.2 Å². The SMILES string of the molecule is CC(C)(C)c1ccc(N2c3cc(-c4ccccc4)ccc3B3c4ccc(-c5ccccc5)cc4N(c4ccc(C(C)(C)C)cc4)c4cc(-c5cc(-c6cc(C(C)(C)C)cc(C(C)(C)C)c6)cc(-c6cc(C(C)(C)C)cc(C(C)(C)C)c6)n5)cc2c43)cc1. The van der Waals surface area contributed by atoms with Gasteiger partial charge in [-0.3, -0.25) is 0 Å². The van der Waals surface area contributed by atoms with Gasteiger partial charge in [-0.1, -0.05) is 258 Å². The van der Waals surface area contributed by atoms with Crippen LogP contribution in [0.1, 0.15) is 158 Å². The van der Waals surface area contributed by atoms with E-state index in [0.717, 1.165) is 50.8 Å². The van der Waals surface area contributed by atoms with Gasteiger partial charge in [-0.25, -0.2) is 4.98 Å².